The van der Waals surface area contributed by atoms with Crippen LogP contribution in [0.4, 0.5) is 5.69 Å². The Morgan fingerprint density at radius 3 is 2.12 bits per heavy atom. The molecule has 7 heteroatoms. The van der Waals surface area contributed by atoms with E-state index >= 15 is 0 Å². The number of hydrogen-bond acceptors (Lipinski definition) is 5. The number of nitrogens with zero attached hydrogens (tertiary/aromatic N) is 1. The third kappa shape index (κ3) is 5.82. The number of rotatable bonds is 9. The second kappa shape index (κ2) is 11.2. The van der Waals surface area contributed by atoms with Crippen molar-refractivity contribution in [3.63, 3.8) is 0 Å². The summed E-state index contributed by atoms with van der Waals surface area (Å²) in [6.07, 6.45) is 0. The molecular formula is C25H28N2O4S. The lowest BCUT2D eigenvalue weighted by Crippen LogP contribution is -2.34. The molecule has 0 amide bonds. The predicted octanol–water partition coefficient (Wildman–Crippen LogP) is 5.12. The maximum absolute atomic E-state index is 5.80. The van der Waals surface area contributed by atoms with Crippen molar-refractivity contribution >= 4 is 23.0 Å². The van der Waals surface area contributed by atoms with Gasteiger partial charge in [-0.2, -0.15) is 0 Å². The minimum Gasteiger partial charge on any atom is -0.497 e. The molecule has 0 atom stereocenters. The molecular weight excluding hydrogens is 424 g/mol. The monoisotopic (exact) mass is 452 g/mol. The molecule has 32 heavy (non-hydrogen) atoms. The van der Waals surface area contributed by atoms with E-state index in [-0.39, 0.29) is 0 Å². The molecule has 3 rings (SSSR count). The van der Waals surface area contributed by atoms with Gasteiger partial charge in [-0.15, -0.1) is 0 Å². The minimum atomic E-state index is 0.557. The van der Waals surface area contributed by atoms with Crippen molar-refractivity contribution in [2.45, 2.75) is 13.1 Å². The molecule has 0 aromatic heterocycles. The Balaban J connectivity index is 1.86. The van der Waals surface area contributed by atoms with Gasteiger partial charge in [0.1, 0.15) is 11.5 Å². The normalized spacial score (nSPS) is 10.2. The lowest BCUT2D eigenvalue weighted by Gasteiger charge is -2.27. The van der Waals surface area contributed by atoms with Crippen LogP contribution in [0.2, 0.25) is 0 Å². The molecule has 0 aliphatic carbocycles. The molecule has 0 saturated heterocycles. The summed E-state index contributed by atoms with van der Waals surface area (Å²) in [6.45, 7) is 1.19. The fourth-order valence-electron chi connectivity index (χ4n) is 3.31. The highest BCUT2D eigenvalue weighted by Gasteiger charge is 2.16. The summed E-state index contributed by atoms with van der Waals surface area (Å²) >= 11 is 5.80. The fourth-order valence-corrected chi connectivity index (χ4v) is 3.55. The third-order valence-corrected chi connectivity index (χ3v) is 5.35. The van der Waals surface area contributed by atoms with Crippen molar-refractivity contribution in [3.05, 3.63) is 77.9 Å². The highest BCUT2D eigenvalue weighted by atomic mass is 32.1. The second-order valence-electron chi connectivity index (χ2n) is 7.02. The van der Waals surface area contributed by atoms with Crippen LogP contribution in [-0.2, 0) is 13.1 Å². The van der Waals surface area contributed by atoms with E-state index in [4.69, 9.17) is 31.2 Å². The van der Waals surface area contributed by atoms with Gasteiger partial charge in [-0.1, -0.05) is 30.3 Å². The van der Waals surface area contributed by atoms with Crippen LogP contribution in [-0.4, -0.2) is 38.5 Å². The van der Waals surface area contributed by atoms with Gasteiger partial charge in [-0.25, -0.2) is 0 Å². The van der Waals surface area contributed by atoms with Crippen LogP contribution in [0.1, 0.15) is 11.1 Å². The van der Waals surface area contributed by atoms with Crippen molar-refractivity contribution < 1.29 is 18.9 Å². The highest BCUT2D eigenvalue weighted by molar-refractivity contribution is 7.80. The first-order valence-corrected chi connectivity index (χ1v) is 10.5. The van der Waals surface area contributed by atoms with E-state index in [1.165, 1.54) is 0 Å². The van der Waals surface area contributed by atoms with Crippen LogP contribution in [0.15, 0.2) is 66.7 Å². The molecule has 3 aromatic carbocycles. The van der Waals surface area contributed by atoms with Crippen molar-refractivity contribution in [2.75, 3.05) is 33.8 Å². The van der Waals surface area contributed by atoms with Crippen LogP contribution in [0.3, 0.4) is 0 Å². The molecule has 0 radical (unpaired) electrons. The average molecular weight is 453 g/mol. The van der Waals surface area contributed by atoms with Gasteiger partial charge in [0, 0.05) is 36.5 Å². The van der Waals surface area contributed by atoms with Crippen molar-refractivity contribution in [3.8, 4) is 23.0 Å². The first-order valence-electron chi connectivity index (χ1n) is 10.1. The molecule has 1 N–H and O–H groups in total. The summed E-state index contributed by atoms with van der Waals surface area (Å²) in [4.78, 5) is 2.09. The Hall–Kier alpha value is -3.45. The second-order valence-corrected chi connectivity index (χ2v) is 7.41. The third-order valence-electron chi connectivity index (χ3n) is 4.99. The number of hydrogen-bond donors (Lipinski definition) is 1. The molecule has 3 aromatic rings. The minimum absolute atomic E-state index is 0.557. The summed E-state index contributed by atoms with van der Waals surface area (Å²) in [5.41, 5.74) is 2.96. The Morgan fingerprint density at radius 1 is 0.750 bits per heavy atom. The summed E-state index contributed by atoms with van der Waals surface area (Å²) in [7, 11) is 6.51. The summed E-state index contributed by atoms with van der Waals surface area (Å²) in [5, 5.41) is 3.91. The largest absolute Gasteiger partial charge is 0.497 e. The van der Waals surface area contributed by atoms with Gasteiger partial charge in [0.15, 0.2) is 16.6 Å². The van der Waals surface area contributed by atoms with Gasteiger partial charge in [0.25, 0.3) is 0 Å². The van der Waals surface area contributed by atoms with Crippen molar-refractivity contribution in [2.24, 2.45) is 0 Å². The number of thiocarbonyl (C=S) groups is 1. The molecule has 0 aliphatic rings. The van der Waals surface area contributed by atoms with Crippen LogP contribution in [0.25, 0.3) is 0 Å². The van der Waals surface area contributed by atoms with Crippen molar-refractivity contribution in [1.82, 2.24) is 4.90 Å². The molecule has 0 heterocycles. The van der Waals surface area contributed by atoms with E-state index in [0.717, 1.165) is 28.3 Å². The number of ether oxygens (including phenoxy) is 4. The van der Waals surface area contributed by atoms with Gasteiger partial charge >= 0.3 is 0 Å². The van der Waals surface area contributed by atoms with Gasteiger partial charge in [-0.05, 0) is 42.0 Å². The van der Waals surface area contributed by atoms with Crippen LogP contribution < -0.4 is 24.3 Å². The van der Waals surface area contributed by atoms with Crippen LogP contribution >= 0.6 is 12.2 Å². The maximum atomic E-state index is 5.80. The SMILES string of the molecule is COc1ccc(CN(Cc2ccccc2)C(=S)Nc2ccc(OC)c(OC)c2)c(OC)c1. The number of benzene rings is 3. The zero-order valence-corrected chi connectivity index (χ0v) is 19.6. The molecule has 0 fully saturated rings. The quantitative estimate of drug-likeness (QED) is 0.452. The fraction of sp³-hybridized carbons (Fsp3) is 0.240. The zero-order chi connectivity index (χ0) is 22.9. The van der Waals surface area contributed by atoms with Crippen LogP contribution in [0, 0.1) is 0 Å². The smallest absolute Gasteiger partial charge is 0.174 e. The molecule has 6 nitrogen and oxygen atoms in total. The molecule has 168 valence electrons. The number of methoxy groups -OCH3 is 4. The molecule has 0 aliphatic heterocycles. The summed E-state index contributed by atoms with van der Waals surface area (Å²) in [6, 6.07) is 21.6. The van der Waals surface area contributed by atoms with Gasteiger partial charge in [-0.3, -0.25) is 0 Å². The highest BCUT2D eigenvalue weighted by Crippen LogP contribution is 2.30. The topological polar surface area (TPSA) is 52.2 Å². The molecule has 0 unspecified atom stereocenters. The molecule has 0 spiro atoms. The Morgan fingerprint density at radius 2 is 1.47 bits per heavy atom. The lowest BCUT2D eigenvalue weighted by atomic mass is 10.1. The Kier molecular flexibility index (Phi) is 8.16. The average Bonchev–Trinajstić information content (AvgIpc) is 2.84. The lowest BCUT2D eigenvalue weighted by molar-refractivity contribution is 0.355. The van der Waals surface area contributed by atoms with Gasteiger partial charge < -0.3 is 29.2 Å². The number of anilines is 1. The summed E-state index contributed by atoms with van der Waals surface area (Å²) < 4.78 is 21.7. The van der Waals surface area contributed by atoms with Crippen LogP contribution in [0.5, 0.6) is 23.0 Å². The standard InChI is InChI=1S/C25H28N2O4S/c1-28-21-12-10-19(23(15-21)30-3)17-27(16-18-8-6-5-7-9-18)25(32)26-20-11-13-22(29-2)24(14-20)31-4/h5-15H,16-17H2,1-4H3,(H,26,32). The summed E-state index contributed by atoms with van der Waals surface area (Å²) in [5.74, 6) is 2.78. The Bertz CT molecular complexity index is 1040. The number of nitrogens with one attached hydrogen (secondary N) is 1. The van der Waals surface area contributed by atoms with E-state index in [2.05, 4.69) is 22.3 Å². The van der Waals surface area contributed by atoms with E-state index in [1.54, 1.807) is 28.4 Å². The first-order chi connectivity index (χ1) is 15.6. The maximum Gasteiger partial charge on any atom is 0.174 e. The van der Waals surface area contributed by atoms with Gasteiger partial charge in [0.2, 0.25) is 0 Å². The van der Waals surface area contributed by atoms with E-state index in [9.17, 15) is 0 Å². The van der Waals surface area contributed by atoms with Gasteiger partial charge in [0.05, 0.1) is 28.4 Å². The zero-order valence-electron chi connectivity index (χ0n) is 18.8. The van der Waals surface area contributed by atoms with E-state index in [1.807, 2.05) is 54.6 Å². The van der Waals surface area contributed by atoms with Crippen molar-refractivity contribution in [1.29, 1.82) is 0 Å². The molecule has 0 saturated carbocycles. The predicted molar refractivity (Wildman–Crippen MR) is 131 cm³/mol. The van der Waals surface area contributed by atoms with E-state index in [0.29, 0.717) is 29.7 Å². The first kappa shape index (κ1) is 23.2. The Labute approximate surface area is 194 Å². The molecule has 0 bridgehead atoms. The van der Waals surface area contributed by atoms with E-state index < -0.39 is 0 Å².